The molecule has 0 atom stereocenters. The second-order valence-electron chi connectivity index (χ2n) is 7.81. The summed E-state index contributed by atoms with van der Waals surface area (Å²) in [5.41, 5.74) is 10.3. The summed E-state index contributed by atoms with van der Waals surface area (Å²) in [5, 5.41) is 21.8. The zero-order valence-corrected chi connectivity index (χ0v) is 19.3. The Morgan fingerprint density at radius 3 is 2.69 bits per heavy atom. The molecule has 1 amide bonds. The lowest BCUT2D eigenvalue weighted by molar-refractivity contribution is 0.0950. The number of nitrogens with two attached hydrogens (primary N) is 1. The molecular formula is C25H22N8O3. The van der Waals surface area contributed by atoms with Gasteiger partial charge < -0.3 is 10.5 Å². The monoisotopic (exact) mass is 482 g/mol. The standard InChI is InChI=1S/C25H22N8O3/c1-2-14-35-19-12-10-17(11-13-19)22-21(28-32-33(22)24-23(26)30-36-31-24)25(34)29-27-15-18-8-5-7-16-6-3-4-9-20(16)18/h3-13,15H,2,14H2,1H3,(H2,26,30)(H,29,34). The van der Waals surface area contributed by atoms with Gasteiger partial charge in [-0.3, -0.25) is 4.79 Å². The van der Waals surface area contributed by atoms with E-state index in [0.29, 0.717) is 23.6 Å². The number of anilines is 1. The van der Waals surface area contributed by atoms with E-state index in [1.807, 2.05) is 49.4 Å². The van der Waals surface area contributed by atoms with Crippen molar-refractivity contribution in [3.63, 3.8) is 0 Å². The van der Waals surface area contributed by atoms with E-state index in [9.17, 15) is 4.79 Å². The summed E-state index contributed by atoms with van der Waals surface area (Å²) in [4.78, 5) is 13.1. The third kappa shape index (κ3) is 4.49. The van der Waals surface area contributed by atoms with Crippen LogP contribution in [0.5, 0.6) is 5.75 Å². The molecule has 0 fully saturated rings. The van der Waals surface area contributed by atoms with Crippen molar-refractivity contribution in [3.05, 3.63) is 78.0 Å². The Labute approximate surface area is 205 Å². The Hall–Kier alpha value is -5.06. The van der Waals surface area contributed by atoms with Gasteiger partial charge in [-0.25, -0.2) is 10.1 Å². The van der Waals surface area contributed by atoms with E-state index in [4.69, 9.17) is 15.1 Å². The maximum absolute atomic E-state index is 13.1. The Kier molecular flexibility index (Phi) is 6.34. The van der Waals surface area contributed by atoms with E-state index in [0.717, 1.165) is 22.8 Å². The van der Waals surface area contributed by atoms with Gasteiger partial charge in [0.2, 0.25) is 11.6 Å². The first-order chi connectivity index (χ1) is 17.7. The molecule has 11 nitrogen and oxygen atoms in total. The Morgan fingerprint density at radius 2 is 1.92 bits per heavy atom. The fraction of sp³-hybridized carbons (Fsp3) is 0.120. The van der Waals surface area contributed by atoms with Gasteiger partial charge >= 0.3 is 0 Å². The second-order valence-corrected chi connectivity index (χ2v) is 7.81. The molecule has 3 aromatic carbocycles. The molecule has 2 aromatic heterocycles. The van der Waals surface area contributed by atoms with Crippen LogP contribution in [0.2, 0.25) is 0 Å². The van der Waals surface area contributed by atoms with Crippen LogP contribution in [-0.2, 0) is 0 Å². The zero-order valence-electron chi connectivity index (χ0n) is 19.3. The van der Waals surface area contributed by atoms with Crippen LogP contribution in [0.15, 0.2) is 76.5 Å². The number of amides is 1. The molecule has 0 saturated heterocycles. The summed E-state index contributed by atoms with van der Waals surface area (Å²) in [6.45, 7) is 2.63. The van der Waals surface area contributed by atoms with E-state index < -0.39 is 5.91 Å². The molecule has 36 heavy (non-hydrogen) atoms. The molecule has 0 spiro atoms. The SMILES string of the molecule is CCCOc1ccc(-c2c(C(=O)NN=Cc3cccc4ccccc34)nnn2-c2nonc2N)cc1. The largest absolute Gasteiger partial charge is 0.494 e. The minimum absolute atomic E-state index is 0.00461. The maximum Gasteiger partial charge on any atom is 0.294 e. The number of nitrogen functional groups attached to an aromatic ring is 1. The highest BCUT2D eigenvalue weighted by molar-refractivity contribution is 6.01. The van der Waals surface area contributed by atoms with E-state index >= 15 is 0 Å². The molecule has 3 N–H and O–H groups in total. The van der Waals surface area contributed by atoms with Crippen LogP contribution in [0, 0.1) is 0 Å². The van der Waals surface area contributed by atoms with E-state index in [1.54, 1.807) is 30.5 Å². The number of hydrogen-bond donors (Lipinski definition) is 2. The van der Waals surface area contributed by atoms with Crippen molar-refractivity contribution in [1.82, 2.24) is 30.7 Å². The lowest BCUT2D eigenvalue weighted by Gasteiger charge is -2.08. The van der Waals surface area contributed by atoms with Gasteiger partial charge in [0.1, 0.15) is 11.4 Å². The molecule has 0 bridgehead atoms. The average Bonchev–Trinajstić information content (AvgIpc) is 3.54. The van der Waals surface area contributed by atoms with Crippen LogP contribution in [0.1, 0.15) is 29.4 Å². The van der Waals surface area contributed by atoms with E-state index in [-0.39, 0.29) is 17.3 Å². The molecule has 5 rings (SSSR count). The van der Waals surface area contributed by atoms with Crippen molar-refractivity contribution in [3.8, 4) is 22.8 Å². The smallest absolute Gasteiger partial charge is 0.294 e. The average molecular weight is 483 g/mol. The quantitative estimate of drug-likeness (QED) is 0.252. The van der Waals surface area contributed by atoms with Crippen molar-refractivity contribution in [2.75, 3.05) is 12.3 Å². The number of nitrogens with zero attached hydrogens (tertiary/aromatic N) is 6. The Bertz CT molecular complexity index is 1530. The Morgan fingerprint density at radius 1 is 1.11 bits per heavy atom. The van der Waals surface area contributed by atoms with Crippen LogP contribution in [-0.4, -0.2) is 44.0 Å². The van der Waals surface area contributed by atoms with Gasteiger partial charge in [0, 0.05) is 11.1 Å². The van der Waals surface area contributed by atoms with Crippen molar-refractivity contribution >= 4 is 28.7 Å². The number of nitrogens with one attached hydrogen (secondary N) is 1. The van der Waals surface area contributed by atoms with Crippen LogP contribution in [0.4, 0.5) is 5.82 Å². The zero-order chi connectivity index (χ0) is 24.9. The van der Waals surface area contributed by atoms with Crippen LogP contribution in [0.25, 0.3) is 27.8 Å². The first-order valence-corrected chi connectivity index (χ1v) is 11.2. The summed E-state index contributed by atoms with van der Waals surface area (Å²) in [6, 6.07) is 21.0. The topological polar surface area (TPSA) is 146 Å². The van der Waals surface area contributed by atoms with E-state index in [2.05, 4.69) is 31.2 Å². The van der Waals surface area contributed by atoms with Gasteiger partial charge in [0.05, 0.1) is 12.8 Å². The molecule has 5 aromatic rings. The van der Waals surface area contributed by atoms with Gasteiger partial charge in [-0.05, 0) is 51.8 Å². The van der Waals surface area contributed by atoms with Gasteiger partial charge in [-0.1, -0.05) is 54.6 Å². The van der Waals surface area contributed by atoms with Crippen molar-refractivity contribution in [2.24, 2.45) is 5.10 Å². The van der Waals surface area contributed by atoms with E-state index in [1.165, 1.54) is 4.68 Å². The highest BCUT2D eigenvalue weighted by atomic mass is 16.6. The summed E-state index contributed by atoms with van der Waals surface area (Å²) < 4.78 is 11.7. The van der Waals surface area contributed by atoms with Crippen LogP contribution < -0.4 is 15.9 Å². The van der Waals surface area contributed by atoms with Gasteiger partial charge in [0.25, 0.3) is 5.91 Å². The van der Waals surface area contributed by atoms with Crippen molar-refractivity contribution in [2.45, 2.75) is 13.3 Å². The number of hydrazone groups is 1. The highest BCUT2D eigenvalue weighted by Crippen LogP contribution is 2.28. The molecule has 0 aliphatic rings. The number of hydrogen-bond acceptors (Lipinski definition) is 9. The fourth-order valence-corrected chi connectivity index (χ4v) is 3.69. The van der Waals surface area contributed by atoms with Crippen molar-refractivity contribution < 1.29 is 14.2 Å². The normalized spacial score (nSPS) is 11.2. The van der Waals surface area contributed by atoms with Gasteiger partial charge in [-0.2, -0.15) is 9.78 Å². The molecule has 0 aliphatic carbocycles. The lowest BCUT2D eigenvalue weighted by Crippen LogP contribution is -2.19. The molecule has 11 heteroatoms. The third-order valence-electron chi connectivity index (χ3n) is 5.38. The number of rotatable bonds is 8. The first kappa shape index (κ1) is 22.7. The summed E-state index contributed by atoms with van der Waals surface area (Å²) in [5.74, 6) is 0.258. The third-order valence-corrected chi connectivity index (χ3v) is 5.38. The Balaban J connectivity index is 1.46. The van der Waals surface area contributed by atoms with Gasteiger partial charge in [-0.15, -0.1) is 5.10 Å². The summed E-state index contributed by atoms with van der Waals surface area (Å²) in [6.07, 6.45) is 2.48. The summed E-state index contributed by atoms with van der Waals surface area (Å²) in [7, 11) is 0. The summed E-state index contributed by atoms with van der Waals surface area (Å²) >= 11 is 0. The number of benzene rings is 3. The molecular weight excluding hydrogens is 460 g/mol. The fourth-order valence-electron chi connectivity index (χ4n) is 3.69. The molecule has 0 saturated carbocycles. The maximum atomic E-state index is 13.1. The number of aromatic nitrogens is 5. The predicted octanol–water partition coefficient (Wildman–Crippen LogP) is 3.61. The number of carbonyl (C=O) groups excluding carboxylic acids is 1. The number of carbonyl (C=O) groups is 1. The molecule has 0 radical (unpaired) electrons. The number of fused-ring (bicyclic) bond motifs is 1. The minimum atomic E-state index is -0.561. The highest BCUT2D eigenvalue weighted by Gasteiger charge is 2.25. The predicted molar refractivity (Wildman–Crippen MR) is 134 cm³/mol. The van der Waals surface area contributed by atoms with Crippen LogP contribution in [0.3, 0.4) is 0 Å². The molecule has 180 valence electrons. The molecule has 2 heterocycles. The second kappa shape index (κ2) is 10.1. The molecule has 0 aliphatic heterocycles. The number of ether oxygens (including phenoxy) is 1. The lowest BCUT2D eigenvalue weighted by atomic mass is 10.1. The van der Waals surface area contributed by atoms with Crippen LogP contribution >= 0.6 is 0 Å². The first-order valence-electron chi connectivity index (χ1n) is 11.2. The van der Waals surface area contributed by atoms with Crippen molar-refractivity contribution in [1.29, 1.82) is 0 Å². The minimum Gasteiger partial charge on any atom is -0.494 e. The molecule has 0 unspecified atom stereocenters. The van der Waals surface area contributed by atoms with Gasteiger partial charge in [0.15, 0.2) is 5.69 Å².